The van der Waals surface area contributed by atoms with Crippen LogP contribution >= 0.6 is 0 Å². The van der Waals surface area contributed by atoms with E-state index in [1.165, 1.54) is 0 Å². The number of pyridine rings is 1. The van der Waals surface area contributed by atoms with Gasteiger partial charge in [-0.3, -0.25) is 9.78 Å². The topological polar surface area (TPSA) is 36.4 Å². The van der Waals surface area contributed by atoms with E-state index in [0.717, 1.165) is 42.9 Å². The third kappa shape index (κ3) is 4.90. The van der Waals surface area contributed by atoms with Gasteiger partial charge < -0.3 is 9.80 Å². The van der Waals surface area contributed by atoms with Crippen LogP contribution in [0.1, 0.15) is 19.4 Å². The fourth-order valence-corrected chi connectivity index (χ4v) is 2.64. The van der Waals surface area contributed by atoms with Crippen LogP contribution in [0.3, 0.4) is 0 Å². The van der Waals surface area contributed by atoms with Crippen molar-refractivity contribution >= 4 is 5.91 Å². The van der Waals surface area contributed by atoms with Crippen molar-refractivity contribution in [1.29, 1.82) is 0 Å². The number of rotatable bonds is 8. The van der Waals surface area contributed by atoms with Gasteiger partial charge in [0.2, 0.25) is 5.91 Å². The Bertz CT molecular complexity index is 638. The Morgan fingerprint density at radius 1 is 1.08 bits per heavy atom. The molecular formula is C20H26N3O. The van der Waals surface area contributed by atoms with Crippen molar-refractivity contribution in [2.24, 2.45) is 0 Å². The number of nitrogens with zero attached hydrogens (tertiary/aromatic N) is 3. The zero-order valence-electron chi connectivity index (χ0n) is 14.8. The summed E-state index contributed by atoms with van der Waals surface area (Å²) >= 11 is 0. The molecule has 1 radical (unpaired) electrons. The summed E-state index contributed by atoms with van der Waals surface area (Å²) in [5, 5.41) is 0. The van der Waals surface area contributed by atoms with Crippen LogP contribution in [-0.4, -0.2) is 53.9 Å². The van der Waals surface area contributed by atoms with Gasteiger partial charge >= 0.3 is 0 Å². The Kier molecular flexibility index (Phi) is 6.94. The number of aromatic nitrogens is 1. The SMILES string of the molecule is CCN(CC)CCN(C)C(=O)Cc1ccn[c]c1-c1ccccc1. The maximum Gasteiger partial charge on any atom is 0.226 e. The Labute approximate surface area is 145 Å². The quantitative estimate of drug-likeness (QED) is 0.749. The van der Waals surface area contributed by atoms with E-state index in [1.807, 2.05) is 48.3 Å². The molecular weight excluding hydrogens is 298 g/mol. The molecule has 0 unspecified atom stereocenters. The first kappa shape index (κ1) is 18.1. The van der Waals surface area contributed by atoms with Gasteiger partial charge in [-0.25, -0.2) is 0 Å². The number of hydrogen-bond acceptors (Lipinski definition) is 3. The summed E-state index contributed by atoms with van der Waals surface area (Å²) < 4.78 is 0. The van der Waals surface area contributed by atoms with Gasteiger partial charge in [-0.05, 0) is 30.3 Å². The third-order valence-electron chi connectivity index (χ3n) is 4.32. The van der Waals surface area contributed by atoms with Crippen molar-refractivity contribution < 1.29 is 4.79 Å². The largest absolute Gasteiger partial charge is 0.344 e. The van der Waals surface area contributed by atoms with Crippen molar-refractivity contribution in [3.05, 3.63) is 54.4 Å². The first-order valence-corrected chi connectivity index (χ1v) is 8.53. The van der Waals surface area contributed by atoms with Gasteiger partial charge in [-0.15, -0.1) is 0 Å². The van der Waals surface area contributed by atoms with Gasteiger partial charge in [0.05, 0.1) is 12.6 Å². The zero-order valence-corrected chi connectivity index (χ0v) is 14.8. The zero-order chi connectivity index (χ0) is 17.4. The Balaban J connectivity index is 2.04. The van der Waals surface area contributed by atoms with Gasteiger partial charge in [0, 0.05) is 31.9 Å². The van der Waals surface area contributed by atoms with Crippen LogP contribution in [0.2, 0.25) is 0 Å². The van der Waals surface area contributed by atoms with Gasteiger partial charge in [0.25, 0.3) is 0 Å². The number of likely N-dealkylation sites (N-methyl/N-ethyl adjacent to an activating group) is 2. The van der Waals surface area contributed by atoms with E-state index < -0.39 is 0 Å². The number of carbonyl (C=O) groups excluding carboxylic acids is 1. The summed E-state index contributed by atoms with van der Waals surface area (Å²) in [7, 11) is 1.87. The molecule has 24 heavy (non-hydrogen) atoms. The van der Waals surface area contributed by atoms with E-state index in [4.69, 9.17) is 0 Å². The van der Waals surface area contributed by atoms with Crippen LogP contribution in [0.5, 0.6) is 0 Å². The van der Waals surface area contributed by atoms with Crippen LogP contribution < -0.4 is 0 Å². The van der Waals surface area contributed by atoms with Crippen molar-refractivity contribution in [3.63, 3.8) is 0 Å². The van der Waals surface area contributed by atoms with Crippen molar-refractivity contribution in [2.45, 2.75) is 20.3 Å². The van der Waals surface area contributed by atoms with Crippen LogP contribution in [0.15, 0.2) is 42.6 Å². The molecule has 127 valence electrons. The van der Waals surface area contributed by atoms with Crippen LogP contribution in [0.4, 0.5) is 0 Å². The fraction of sp³-hybridized carbons (Fsp3) is 0.400. The van der Waals surface area contributed by atoms with Crippen LogP contribution in [0, 0.1) is 6.20 Å². The highest BCUT2D eigenvalue weighted by Gasteiger charge is 2.14. The minimum Gasteiger partial charge on any atom is -0.344 e. The molecule has 0 aliphatic heterocycles. The van der Waals surface area contributed by atoms with E-state index in [9.17, 15) is 4.79 Å². The molecule has 2 rings (SSSR count). The normalized spacial score (nSPS) is 10.8. The average Bonchev–Trinajstić information content (AvgIpc) is 2.63. The predicted octanol–water partition coefficient (Wildman–Crippen LogP) is 2.89. The highest BCUT2D eigenvalue weighted by atomic mass is 16.2. The monoisotopic (exact) mass is 324 g/mol. The molecule has 1 heterocycles. The summed E-state index contributed by atoms with van der Waals surface area (Å²) in [5.41, 5.74) is 2.92. The lowest BCUT2D eigenvalue weighted by Gasteiger charge is -2.23. The number of carbonyl (C=O) groups is 1. The molecule has 0 aliphatic carbocycles. The van der Waals surface area contributed by atoms with Crippen LogP contribution in [0.25, 0.3) is 11.1 Å². The molecule has 2 aromatic rings. The first-order chi connectivity index (χ1) is 11.7. The number of benzene rings is 1. The second kappa shape index (κ2) is 9.18. The highest BCUT2D eigenvalue weighted by Crippen LogP contribution is 2.22. The van der Waals surface area contributed by atoms with Gasteiger partial charge in [-0.1, -0.05) is 44.2 Å². The minimum absolute atomic E-state index is 0.124. The van der Waals surface area contributed by atoms with Gasteiger partial charge in [-0.2, -0.15) is 0 Å². The molecule has 0 bridgehead atoms. The molecule has 1 aromatic heterocycles. The molecule has 4 heteroatoms. The molecule has 1 aromatic carbocycles. The summed E-state index contributed by atoms with van der Waals surface area (Å²) in [6.07, 6.45) is 5.11. The van der Waals surface area contributed by atoms with E-state index in [2.05, 4.69) is 29.9 Å². The molecule has 0 aliphatic rings. The van der Waals surface area contributed by atoms with Crippen molar-refractivity contribution in [2.75, 3.05) is 33.2 Å². The smallest absolute Gasteiger partial charge is 0.226 e. The Morgan fingerprint density at radius 3 is 2.46 bits per heavy atom. The Morgan fingerprint density at radius 2 is 1.79 bits per heavy atom. The number of amides is 1. The lowest BCUT2D eigenvalue weighted by Crippen LogP contribution is -2.37. The average molecular weight is 324 g/mol. The van der Waals surface area contributed by atoms with E-state index in [-0.39, 0.29) is 5.91 Å². The van der Waals surface area contributed by atoms with Crippen molar-refractivity contribution in [3.8, 4) is 11.1 Å². The maximum atomic E-state index is 12.6. The number of hydrogen-bond donors (Lipinski definition) is 0. The lowest BCUT2D eigenvalue weighted by molar-refractivity contribution is -0.129. The second-order valence-electron chi connectivity index (χ2n) is 5.84. The summed E-state index contributed by atoms with van der Waals surface area (Å²) in [6.45, 7) is 7.96. The first-order valence-electron chi connectivity index (χ1n) is 8.53. The molecule has 0 saturated carbocycles. The Hall–Kier alpha value is -2.20. The summed E-state index contributed by atoms with van der Waals surface area (Å²) in [6, 6.07) is 11.9. The molecule has 0 atom stereocenters. The standard InChI is InChI=1S/C20H26N3O/c1-4-23(5-2)14-13-22(3)20(24)15-18-11-12-21-16-19(18)17-9-7-6-8-10-17/h6-12H,4-5,13-15H2,1-3H3. The minimum atomic E-state index is 0.124. The van der Waals surface area contributed by atoms with E-state index in [0.29, 0.717) is 6.42 Å². The molecule has 0 saturated heterocycles. The summed E-state index contributed by atoms with van der Waals surface area (Å²) in [4.78, 5) is 20.8. The maximum absolute atomic E-state index is 12.6. The fourth-order valence-electron chi connectivity index (χ4n) is 2.64. The predicted molar refractivity (Wildman–Crippen MR) is 97.6 cm³/mol. The second-order valence-corrected chi connectivity index (χ2v) is 5.84. The molecule has 1 amide bonds. The molecule has 0 spiro atoms. The summed E-state index contributed by atoms with van der Waals surface area (Å²) in [5.74, 6) is 0.124. The molecule has 4 nitrogen and oxygen atoms in total. The molecule has 0 fully saturated rings. The van der Waals surface area contributed by atoms with E-state index in [1.54, 1.807) is 6.20 Å². The lowest BCUT2D eigenvalue weighted by atomic mass is 10.00. The van der Waals surface area contributed by atoms with Gasteiger partial charge in [0.15, 0.2) is 0 Å². The van der Waals surface area contributed by atoms with E-state index >= 15 is 0 Å². The molecule has 0 N–H and O–H groups in total. The van der Waals surface area contributed by atoms with Gasteiger partial charge in [0.1, 0.15) is 0 Å². The van der Waals surface area contributed by atoms with Crippen LogP contribution in [-0.2, 0) is 11.2 Å². The van der Waals surface area contributed by atoms with Crippen molar-refractivity contribution in [1.82, 2.24) is 14.8 Å². The highest BCUT2D eigenvalue weighted by molar-refractivity contribution is 5.81. The third-order valence-corrected chi connectivity index (χ3v) is 4.32.